The second kappa shape index (κ2) is 6.68. The highest BCUT2D eigenvalue weighted by Gasteiger charge is 2.33. The van der Waals surface area contributed by atoms with E-state index in [4.69, 9.17) is 11.6 Å². The molecule has 2 unspecified atom stereocenters. The second-order valence-electron chi connectivity index (χ2n) is 7.02. The zero-order valence-corrected chi connectivity index (χ0v) is 13.9. The lowest BCUT2D eigenvalue weighted by Crippen LogP contribution is -2.32. The van der Waals surface area contributed by atoms with Crippen LogP contribution in [0, 0.1) is 11.8 Å². The molecule has 1 heterocycles. The Morgan fingerprint density at radius 2 is 1.90 bits per heavy atom. The van der Waals surface area contributed by atoms with Crippen molar-refractivity contribution in [3.63, 3.8) is 0 Å². The predicted molar refractivity (Wildman–Crippen MR) is 89.7 cm³/mol. The largest absolute Gasteiger partial charge is 0.309 e. The van der Waals surface area contributed by atoms with Gasteiger partial charge in [0.25, 0.3) is 0 Å². The maximum Gasteiger partial charge on any atom is 0.0406 e. The van der Waals surface area contributed by atoms with Gasteiger partial charge in [-0.25, -0.2) is 0 Å². The first-order valence-electron chi connectivity index (χ1n) is 8.36. The molecule has 21 heavy (non-hydrogen) atoms. The van der Waals surface area contributed by atoms with Gasteiger partial charge in [-0.2, -0.15) is 0 Å². The highest BCUT2D eigenvalue weighted by molar-refractivity contribution is 6.30. The minimum atomic E-state index is 0.523. The van der Waals surface area contributed by atoms with E-state index in [9.17, 15) is 0 Å². The van der Waals surface area contributed by atoms with Crippen molar-refractivity contribution in [3.05, 3.63) is 34.9 Å². The molecule has 3 heteroatoms. The van der Waals surface area contributed by atoms with Crippen molar-refractivity contribution in [2.24, 2.45) is 11.8 Å². The van der Waals surface area contributed by atoms with E-state index < -0.39 is 0 Å². The van der Waals surface area contributed by atoms with Crippen LogP contribution in [0.15, 0.2) is 24.3 Å². The molecule has 0 amide bonds. The number of halogens is 1. The van der Waals surface area contributed by atoms with Gasteiger partial charge >= 0.3 is 0 Å². The van der Waals surface area contributed by atoms with Crippen LogP contribution < -0.4 is 5.32 Å². The van der Waals surface area contributed by atoms with Crippen molar-refractivity contribution < 1.29 is 0 Å². The predicted octanol–water partition coefficient (Wildman–Crippen LogP) is 4.11. The summed E-state index contributed by atoms with van der Waals surface area (Å²) in [7, 11) is 0. The molecule has 0 aromatic heterocycles. The summed E-state index contributed by atoms with van der Waals surface area (Å²) < 4.78 is 0. The summed E-state index contributed by atoms with van der Waals surface area (Å²) in [6.07, 6.45) is 4.06. The van der Waals surface area contributed by atoms with E-state index in [0.29, 0.717) is 12.1 Å². The van der Waals surface area contributed by atoms with Gasteiger partial charge in [0, 0.05) is 23.7 Å². The van der Waals surface area contributed by atoms with Crippen molar-refractivity contribution >= 4 is 11.6 Å². The molecule has 0 radical (unpaired) electrons. The summed E-state index contributed by atoms with van der Waals surface area (Å²) in [6, 6.07) is 9.62. The van der Waals surface area contributed by atoms with Gasteiger partial charge in [0.1, 0.15) is 0 Å². The van der Waals surface area contributed by atoms with Crippen molar-refractivity contribution in [3.8, 4) is 0 Å². The number of nitrogens with zero attached hydrogens (tertiary/aromatic N) is 1. The second-order valence-corrected chi connectivity index (χ2v) is 7.45. The van der Waals surface area contributed by atoms with Crippen molar-refractivity contribution in [2.75, 3.05) is 19.6 Å². The monoisotopic (exact) mass is 306 g/mol. The maximum atomic E-state index is 6.01. The minimum absolute atomic E-state index is 0.523. The maximum absolute atomic E-state index is 6.01. The van der Waals surface area contributed by atoms with Crippen LogP contribution in [0.25, 0.3) is 0 Å². The Morgan fingerprint density at radius 1 is 1.19 bits per heavy atom. The van der Waals surface area contributed by atoms with Crippen molar-refractivity contribution in [1.82, 2.24) is 10.2 Å². The fraction of sp³-hybridized carbons (Fsp3) is 0.667. The minimum Gasteiger partial charge on any atom is -0.309 e. The van der Waals surface area contributed by atoms with Crippen LogP contribution >= 0.6 is 11.6 Å². The average molecular weight is 307 g/mol. The lowest BCUT2D eigenvalue weighted by atomic mass is 10.0. The molecule has 2 fully saturated rings. The summed E-state index contributed by atoms with van der Waals surface area (Å²) in [5.74, 6) is 1.63. The molecule has 2 aliphatic rings. The van der Waals surface area contributed by atoms with Gasteiger partial charge in [0.15, 0.2) is 0 Å². The van der Waals surface area contributed by atoms with E-state index >= 15 is 0 Å². The number of likely N-dealkylation sites (tertiary alicyclic amines) is 1. The highest BCUT2D eigenvalue weighted by Crippen LogP contribution is 2.41. The fourth-order valence-corrected chi connectivity index (χ4v) is 3.57. The molecular formula is C18H27ClN2. The van der Waals surface area contributed by atoms with Gasteiger partial charge in [0.2, 0.25) is 0 Å². The zero-order valence-electron chi connectivity index (χ0n) is 13.2. The van der Waals surface area contributed by atoms with Crippen LogP contribution in [0.2, 0.25) is 5.02 Å². The molecule has 1 aliphatic heterocycles. The molecular weight excluding hydrogens is 280 g/mol. The topological polar surface area (TPSA) is 15.3 Å². The standard InChI is InChI=1S/C18H27ClN2/c1-13(2)21-10-9-14(12-21)11-20-18(15-3-4-15)16-5-7-17(19)8-6-16/h5-8,13-15,18,20H,3-4,9-12H2,1-2H3. The van der Waals surface area contributed by atoms with E-state index in [1.807, 2.05) is 12.1 Å². The molecule has 1 aromatic rings. The van der Waals surface area contributed by atoms with Gasteiger partial charge in [-0.05, 0) is 75.7 Å². The van der Waals surface area contributed by atoms with Gasteiger partial charge in [-0.3, -0.25) is 0 Å². The van der Waals surface area contributed by atoms with E-state index in [1.54, 1.807) is 0 Å². The number of nitrogens with one attached hydrogen (secondary N) is 1. The van der Waals surface area contributed by atoms with Crippen LogP contribution in [0.1, 0.15) is 44.7 Å². The first-order chi connectivity index (χ1) is 10.1. The summed E-state index contributed by atoms with van der Waals surface area (Å²) in [4.78, 5) is 2.60. The third kappa shape index (κ3) is 4.00. The normalized spacial score (nSPS) is 24.7. The molecule has 2 nitrogen and oxygen atoms in total. The van der Waals surface area contributed by atoms with Gasteiger partial charge in [0.05, 0.1) is 0 Å². The fourth-order valence-electron chi connectivity index (χ4n) is 3.45. The Balaban J connectivity index is 1.56. The quantitative estimate of drug-likeness (QED) is 0.851. The van der Waals surface area contributed by atoms with Gasteiger partial charge in [-0.1, -0.05) is 23.7 Å². The zero-order chi connectivity index (χ0) is 14.8. The van der Waals surface area contributed by atoms with E-state index in [0.717, 1.165) is 23.4 Å². The van der Waals surface area contributed by atoms with Gasteiger partial charge < -0.3 is 10.2 Å². The number of benzene rings is 1. The first-order valence-corrected chi connectivity index (χ1v) is 8.74. The lowest BCUT2D eigenvalue weighted by Gasteiger charge is -2.23. The molecule has 3 rings (SSSR count). The summed E-state index contributed by atoms with van der Waals surface area (Å²) in [5.41, 5.74) is 1.40. The van der Waals surface area contributed by atoms with Crippen molar-refractivity contribution in [2.45, 2.75) is 45.2 Å². The Kier molecular flexibility index (Phi) is 4.88. The van der Waals surface area contributed by atoms with Gasteiger partial charge in [-0.15, -0.1) is 0 Å². The van der Waals surface area contributed by atoms with Crippen LogP contribution in [0.4, 0.5) is 0 Å². The Labute approximate surface area is 133 Å². The van der Waals surface area contributed by atoms with Crippen LogP contribution in [0.5, 0.6) is 0 Å². The summed E-state index contributed by atoms with van der Waals surface area (Å²) in [6.45, 7) is 8.27. The van der Waals surface area contributed by atoms with Crippen molar-refractivity contribution in [1.29, 1.82) is 0 Å². The SMILES string of the molecule is CC(C)N1CCC(CNC(c2ccc(Cl)cc2)C2CC2)C1. The summed E-state index contributed by atoms with van der Waals surface area (Å²) in [5, 5.41) is 4.68. The van der Waals surface area contributed by atoms with E-state index in [-0.39, 0.29) is 0 Å². The molecule has 2 atom stereocenters. The highest BCUT2D eigenvalue weighted by atomic mass is 35.5. The molecule has 1 N–H and O–H groups in total. The van der Waals surface area contributed by atoms with E-state index in [1.165, 1.54) is 37.9 Å². The number of rotatable bonds is 6. The number of hydrogen-bond donors (Lipinski definition) is 1. The van der Waals surface area contributed by atoms with Crippen LogP contribution in [-0.4, -0.2) is 30.6 Å². The lowest BCUT2D eigenvalue weighted by molar-refractivity contribution is 0.262. The molecule has 1 aliphatic carbocycles. The summed E-state index contributed by atoms with van der Waals surface area (Å²) >= 11 is 6.01. The van der Waals surface area contributed by atoms with Crippen LogP contribution in [0.3, 0.4) is 0 Å². The Hall–Kier alpha value is -0.570. The molecule has 0 spiro atoms. The smallest absolute Gasteiger partial charge is 0.0406 e. The van der Waals surface area contributed by atoms with E-state index in [2.05, 4.69) is 36.2 Å². The third-order valence-corrected chi connectivity index (χ3v) is 5.25. The average Bonchev–Trinajstić information content (AvgIpc) is 3.18. The third-order valence-electron chi connectivity index (χ3n) is 5.00. The molecule has 116 valence electrons. The molecule has 0 bridgehead atoms. The Bertz CT molecular complexity index is 453. The number of hydrogen-bond acceptors (Lipinski definition) is 2. The first kappa shape index (κ1) is 15.3. The Morgan fingerprint density at radius 3 is 2.48 bits per heavy atom. The molecule has 1 saturated carbocycles. The van der Waals surface area contributed by atoms with Crippen LogP contribution in [-0.2, 0) is 0 Å². The molecule has 1 aromatic carbocycles. The molecule has 1 saturated heterocycles.